The average molecular weight is 437 g/mol. The van der Waals surface area contributed by atoms with Gasteiger partial charge in [0.25, 0.3) is 0 Å². The summed E-state index contributed by atoms with van der Waals surface area (Å²) in [5.74, 6) is 0.383. The third-order valence-electron chi connectivity index (χ3n) is 5.28. The zero-order valence-electron chi connectivity index (χ0n) is 17.0. The van der Waals surface area contributed by atoms with Crippen LogP contribution < -0.4 is 10.5 Å². The van der Waals surface area contributed by atoms with E-state index in [4.69, 9.17) is 5.14 Å². The molecule has 1 aliphatic rings. The van der Waals surface area contributed by atoms with Crippen molar-refractivity contribution >= 4 is 27.7 Å². The molecule has 2 aromatic carbocycles. The van der Waals surface area contributed by atoms with Crippen LogP contribution in [-0.4, -0.2) is 24.1 Å². The Morgan fingerprint density at radius 1 is 1.26 bits per heavy atom. The summed E-state index contributed by atoms with van der Waals surface area (Å²) < 4.78 is 26.3. The smallest absolute Gasteiger partial charge is 0.238 e. The predicted molar refractivity (Wildman–Crippen MR) is 121 cm³/mol. The van der Waals surface area contributed by atoms with E-state index in [9.17, 15) is 13.2 Å². The minimum atomic E-state index is -4.01. The van der Waals surface area contributed by atoms with E-state index < -0.39 is 10.0 Å². The molecule has 1 amide bonds. The summed E-state index contributed by atoms with van der Waals surface area (Å²) in [5.41, 5.74) is 3.20. The first-order chi connectivity index (χ1) is 14.8. The summed E-state index contributed by atoms with van der Waals surface area (Å²) in [4.78, 5) is 12.5. The molecule has 1 fully saturated rings. The van der Waals surface area contributed by atoms with Gasteiger partial charge < -0.3 is 5.32 Å². The molecule has 3 aromatic rings. The van der Waals surface area contributed by atoms with Crippen molar-refractivity contribution in [2.75, 3.05) is 5.32 Å². The fourth-order valence-corrected chi connectivity index (χ4v) is 4.30. The van der Waals surface area contributed by atoms with Crippen molar-refractivity contribution in [2.24, 2.45) is 11.1 Å². The molecule has 0 bridgehead atoms. The van der Waals surface area contributed by atoms with Crippen LogP contribution in [-0.2, 0) is 27.8 Å². The Bertz CT molecular complexity index is 1240. The topological polar surface area (TPSA) is 107 Å². The number of hydrogen-bond donors (Lipinski definition) is 2. The van der Waals surface area contributed by atoms with Gasteiger partial charge in [0.05, 0.1) is 17.5 Å². The summed E-state index contributed by atoms with van der Waals surface area (Å²) in [5, 5.41) is 12.6. The molecule has 1 aromatic heterocycles. The zero-order valence-corrected chi connectivity index (χ0v) is 17.8. The van der Waals surface area contributed by atoms with Gasteiger partial charge in [-0.1, -0.05) is 43.0 Å². The van der Waals surface area contributed by atoms with Crippen molar-refractivity contribution in [3.05, 3.63) is 72.6 Å². The van der Waals surface area contributed by atoms with Crippen molar-refractivity contribution in [1.82, 2.24) is 9.78 Å². The second-order valence-electron chi connectivity index (χ2n) is 7.78. The van der Waals surface area contributed by atoms with Crippen molar-refractivity contribution in [1.29, 1.82) is 0 Å². The Labute approximate surface area is 181 Å². The van der Waals surface area contributed by atoms with Crippen molar-refractivity contribution in [3.63, 3.8) is 0 Å². The molecule has 7 nitrogen and oxygen atoms in total. The van der Waals surface area contributed by atoms with Crippen molar-refractivity contribution in [2.45, 2.75) is 30.7 Å². The number of rotatable bonds is 8. The van der Waals surface area contributed by atoms with Gasteiger partial charge in [0.15, 0.2) is 0 Å². The van der Waals surface area contributed by atoms with E-state index in [0.29, 0.717) is 22.7 Å². The SMILES string of the molecule is C=Cc1ccccc1CC(=O)Nc1ccc(-c2cnn(CC3CC3)c2)c(S(N)(=O)=O)c1. The molecule has 8 heteroatoms. The van der Waals surface area contributed by atoms with Gasteiger partial charge >= 0.3 is 0 Å². The van der Waals surface area contributed by atoms with Crippen LogP contribution in [0.4, 0.5) is 5.69 Å². The number of sulfonamides is 1. The minimum absolute atomic E-state index is 0.0530. The van der Waals surface area contributed by atoms with E-state index >= 15 is 0 Å². The molecule has 1 heterocycles. The Morgan fingerprint density at radius 2 is 2.03 bits per heavy atom. The van der Waals surface area contributed by atoms with Gasteiger partial charge in [-0.05, 0) is 42.0 Å². The third kappa shape index (κ3) is 5.10. The molecule has 4 rings (SSSR count). The van der Waals surface area contributed by atoms with Gasteiger partial charge in [-0.2, -0.15) is 5.10 Å². The van der Waals surface area contributed by atoms with E-state index in [-0.39, 0.29) is 17.2 Å². The van der Waals surface area contributed by atoms with Crippen LogP contribution in [0.2, 0.25) is 0 Å². The molecule has 0 spiro atoms. The number of carbonyl (C=O) groups is 1. The van der Waals surface area contributed by atoms with Crippen LogP contribution in [0.25, 0.3) is 17.2 Å². The molecule has 160 valence electrons. The molecule has 1 saturated carbocycles. The number of nitrogens with two attached hydrogens (primary N) is 1. The lowest BCUT2D eigenvalue weighted by molar-refractivity contribution is -0.115. The number of nitrogens with one attached hydrogen (secondary N) is 1. The van der Waals surface area contributed by atoms with Gasteiger partial charge in [0, 0.05) is 29.6 Å². The van der Waals surface area contributed by atoms with E-state index in [1.54, 1.807) is 24.4 Å². The molecule has 0 unspecified atom stereocenters. The Balaban J connectivity index is 1.57. The summed E-state index contributed by atoms with van der Waals surface area (Å²) in [6, 6.07) is 12.2. The second-order valence-corrected chi connectivity index (χ2v) is 9.31. The van der Waals surface area contributed by atoms with Gasteiger partial charge in [0.2, 0.25) is 15.9 Å². The largest absolute Gasteiger partial charge is 0.326 e. The molecule has 0 radical (unpaired) electrons. The quantitative estimate of drug-likeness (QED) is 0.564. The monoisotopic (exact) mass is 436 g/mol. The minimum Gasteiger partial charge on any atom is -0.326 e. The molecule has 0 aliphatic heterocycles. The lowest BCUT2D eigenvalue weighted by Crippen LogP contribution is -2.17. The molecule has 0 saturated heterocycles. The van der Waals surface area contributed by atoms with Crippen LogP contribution in [0.3, 0.4) is 0 Å². The number of benzene rings is 2. The fraction of sp³-hybridized carbons (Fsp3) is 0.217. The highest BCUT2D eigenvalue weighted by atomic mass is 32.2. The predicted octanol–water partition coefficient (Wildman–Crippen LogP) is 3.43. The highest BCUT2D eigenvalue weighted by Gasteiger charge is 2.23. The standard InChI is InChI=1S/C23H24N4O3S/c1-2-17-5-3-4-6-18(17)11-23(28)26-20-9-10-21(22(12-20)31(24,29)30)19-13-25-27(15-19)14-16-7-8-16/h2-6,9-10,12-13,15-16H,1,7-8,11,14H2,(H,26,28)(H2,24,29,30). The fourth-order valence-electron chi connectivity index (χ4n) is 3.51. The van der Waals surface area contributed by atoms with Crippen LogP contribution in [0.5, 0.6) is 0 Å². The summed E-state index contributed by atoms with van der Waals surface area (Å²) in [7, 11) is -4.01. The highest BCUT2D eigenvalue weighted by molar-refractivity contribution is 7.89. The molecular weight excluding hydrogens is 412 g/mol. The van der Waals surface area contributed by atoms with Gasteiger partial charge in [-0.3, -0.25) is 9.48 Å². The molecule has 1 aliphatic carbocycles. The molecular formula is C23H24N4O3S. The van der Waals surface area contributed by atoms with E-state index in [1.807, 2.05) is 35.1 Å². The van der Waals surface area contributed by atoms with Gasteiger partial charge in [-0.25, -0.2) is 13.6 Å². The lowest BCUT2D eigenvalue weighted by Gasteiger charge is -2.11. The van der Waals surface area contributed by atoms with E-state index in [0.717, 1.165) is 17.7 Å². The zero-order chi connectivity index (χ0) is 22.0. The first-order valence-electron chi connectivity index (χ1n) is 10.0. The summed E-state index contributed by atoms with van der Waals surface area (Å²) in [6.07, 6.45) is 7.69. The maximum Gasteiger partial charge on any atom is 0.238 e. The summed E-state index contributed by atoms with van der Waals surface area (Å²) >= 11 is 0. The number of hydrogen-bond acceptors (Lipinski definition) is 4. The number of aromatic nitrogens is 2. The first-order valence-corrected chi connectivity index (χ1v) is 11.6. The van der Waals surface area contributed by atoms with Crippen molar-refractivity contribution in [3.8, 4) is 11.1 Å². The summed E-state index contributed by atoms with van der Waals surface area (Å²) in [6.45, 7) is 4.59. The Morgan fingerprint density at radius 3 is 2.74 bits per heavy atom. The van der Waals surface area contributed by atoms with Gasteiger partial charge in [0.1, 0.15) is 0 Å². The molecule has 0 atom stereocenters. The van der Waals surface area contributed by atoms with Crippen LogP contribution in [0, 0.1) is 5.92 Å². The maximum atomic E-state index is 12.5. The van der Waals surface area contributed by atoms with Gasteiger partial charge in [-0.15, -0.1) is 0 Å². The second kappa shape index (κ2) is 8.49. The normalized spacial score (nSPS) is 13.7. The average Bonchev–Trinajstić information content (AvgIpc) is 3.42. The number of amides is 1. The maximum absolute atomic E-state index is 12.5. The molecule has 3 N–H and O–H groups in total. The molecule has 31 heavy (non-hydrogen) atoms. The van der Waals surface area contributed by atoms with E-state index in [2.05, 4.69) is 17.0 Å². The lowest BCUT2D eigenvalue weighted by atomic mass is 10.0. The first kappa shape index (κ1) is 21.0. The Hall–Kier alpha value is -3.23. The number of anilines is 1. The van der Waals surface area contributed by atoms with Crippen molar-refractivity contribution < 1.29 is 13.2 Å². The number of primary sulfonamides is 1. The Kier molecular flexibility index (Phi) is 5.75. The number of nitrogens with zero attached hydrogens (tertiary/aromatic N) is 2. The number of carbonyl (C=O) groups excluding carboxylic acids is 1. The van der Waals surface area contributed by atoms with E-state index in [1.165, 1.54) is 18.9 Å². The van der Waals surface area contributed by atoms with Crippen LogP contribution in [0.15, 0.2) is 66.3 Å². The highest BCUT2D eigenvalue weighted by Crippen LogP contribution is 2.32. The third-order valence-corrected chi connectivity index (χ3v) is 6.24. The van der Waals surface area contributed by atoms with Crippen LogP contribution >= 0.6 is 0 Å². The van der Waals surface area contributed by atoms with Crippen LogP contribution in [0.1, 0.15) is 24.0 Å².